The number of benzene rings is 2. The molecule has 0 heterocycles. The van der Waals surface area contributed by atoms with Crippen molar-refractivity contribution in [2.24, 2.45) is 0 Å². The van der Waals surface area contributed by atoms with Gasteiger partial charge in [-0.05, 0) is 23.3 Å². The fourth-order valence-electron chi connectivity index (χ4n) is 2.05. The largest absolute Gasteiger partial charge is 0.419 e. The lowest BCUT2D eigenvalue weighted by Crippen LogP contribution is -2.24. The van der Waals surface area contributed by atoms with E-state index in [1.165, 1.54) is 0 Å². The van der Waals surface area contributed by atoms with Crippen molar-refractivity contribution in [1.29, 1.82) is 0 Å². The highest BCUT2D eigenvalue weighted by Crippen LogP contribution is 2.39. The first-order valence-corrected chi connectivity index (χ1v) is 5.98. The molecule has 1 unspecified atom stereocenters. The minimum atomic E-state index is -4.90. The van der Waals surface area contributed by atoms with Crippen LogP contribution in [-0.4, -0.2) is 13.3 Å². The summed E-state index contributed by atoms with van der Waals surface area (Å²) in [4.78, 5) is 0. The van der Waals surface area contributed by atoms with Gasteiger partial charge in [-0.25, -0.2) is 8.78 Å². The molecule has 1 nitrogen and oxygen atoms in total. The van der Waals surface area contributed by atoms with E-state index in [0.717, 1.165) is 19.2 Å². The lowest BCUT2D eigenvalue weighted by atomic mass is 10.00. The monoisotopic (exact) mass is 302 g/mol. The molecule has 0 aromatic heterocycles. The Balaban J connectivity index is 2.52. The van der Waals surface area contributed by atoms with E-state index in [1.54, 1.807) is 30.3 Å². The molecule has 0 aliphatic carbocycles. The van der Waals surface area contributed by atoms with Gasteiger partial charge in [-0.3, -0.25) is 0 Å². The zero-order valence-electron chi connectivity index (χ0n) is 10.9. The third-order valence-corrected chi connectivity index (χ3v) is 2.98. The first kappa shape index (κ1) is 15.4. The Kier molecular flexibility index (Phi) is 4.27. The van der Waals surface area contributed by atoms with Crippen molar-refractivity contribution in [3.05, 3.63) is 59.7 Å². The van der Waals surface area contributed by atoms with Crippen LogP contribution in [0.3, 0.4) is 0 Å². The Bertz CT molecular complexity index is 599. The molecule has 0 N–H and O–H groups in total. The Morgan fingerprint density at radius 2 is 1.43 bits per heavy atom. The fourth-order valence-corrected chi connectivity index (χ4v) is 2.05. The number of halogens is 5. The number of alkyl halides is 3. The molecule has 1 atom stereocenters. The molecule has 0 saturated heterocycles. The SMILES string of the molecule is COC(c1c(F)cc(-c2ccccc2)cc1F)C(F)(F)F. The normalized spacial score (nSPS) is 13.2. The van der Waals surface area contributed by atoms with Crippen LogP contribution >= 0.6 is 0 Å². The molecule has 112 valence electrons. The van der Waals surface area contributed by atoms with Crippen LogP contribution in [0.1, 0.15) is 11.7 Å². The lowest BCUT2D eigenvalue weighted by Gasteiger charge is -2.20. The number of ether oxygens (including phenoxy) is 1. The average molecular weight is 302 g/mol. The van der Waals surface area contributed by atoms with Gasteiger partial charge in [0.05, 0.1) is 5.56 Å². The van der Waals surface area contributed by atoms with Crippen LogP contribution in [0.4, 0.5) is 22.0 Å². The second-order valence-electron chi connectivity index (χ2n) is 4.38. The van der Waals surface area contributed by atoms with E-state index in [2.05, 4.69) is 4.74 Å². The molecule has 0 fully saturated rings. The quantitative estimate of drug-likeness (QED) is 0.734. The van der Waals surface area contributed by atoms with Crippen molar-refractivity contribution >= 4 is 0 Å². The van der Waals surface area contributed by atoms with E-state index >= 15 is 0 Å². The maximum absolute atomic E-state index is 13.9. The zero-order chi connectivity index (χ0) is 15.6. The first-order chi connectivity index (χ1) is 9.84. The summed E-state index contributed by atoms with van der Waals surface area (Å²) in [6.07, 6.45) is -7.53. The predicted octanol–water partition coefficient (Wildman–Crippen LogP) is 4.88. The summed E-state index contributed by atoms with van der Waals surface area (Å²) < 4.78 is 70.3. The summed E-state index contributed by atoms with van der Waals surface area (Å²) in [7, 11) is 0.752. The molecule has 0 aliphatic heterocycles. The Hall–Kier alpha value is -1.95. The van der Waals surface area contributed by atoms with Crippen LogP contribution in [0, 0.1) is 11.6 Å². The summed E-state index contributed by atoms with van der Waals surface area (Å²) >= 11 is 0. The van der Waals surface area contributed by atoms with Crippen LogP contribution < -0.4 is 0 Å². The van der Waals surface area contributed by atoms with Crippen LogP contribution in [0.15, 0.2) is 42.5 Å². The minimum Gasteiger partial charge on any atom is -0.367 e. The highest BCUT2D eigenvalue weighted by atomic mass is 19.4. The highest BCUT2D eigenvalue weighted by molar-refractivity contribution is 5.64. The summed E-state index contributed by atoms with van der Waals surface area (Å²) in [6, 6.07) is 9.97. The molecule has 2 aromatic rings. The molecule has 21 heavy (non-hydrogen) atoms. The molecule has 0 radical (unpaired) electrons. The van der Waals surface area contributed by atoms with Crippen LogP contribution in [-0.2, 0) is 4.74 Å². The summed E-state index contributed by atoms with van der Waals surface area (Å²) in [5, 5.41) is 0. The molecule has 0 saturated carbocycles. The van der Waals surface area contributed by atoms with Gasteiger partial charge in [0.1, 0.15) is 11.6 Å². The number of methoxy groups -OCH3 is 1. The standard InChI is InChI=1S/C15H11F5O/c1-21-14(15(18,19)20)13-11(16)7-10(8-12(13)17)9-5-3-2-4-6-9/h2-8,14H,1H3. The average Bonchev–Trinajstić information content (AvgIpc) is 2.42. The van der Waals surface area contributed by atoms with E-state index in [0.29, 0.717) is 5.56 Å². The Morgan fingerprint density at radius 1 is 0.905 bits per heavy atom. The van der Waals surface area contributed by atoms with Crippen molar-refractivity contribution in [2.75, 3.05) is 7.11 Å². The van der Waals surface area contributed by atoms with Gasteiger partial charge in [0.2, 0.25) is 0 Å². The second kappa shape index (κ2) is 5.81. The van der Waals surface area contributed by atoms with Crippen molar-refractivity contribution in [1.82, 2.24) is 0 Å². The van der Waals surface area contributed by atoms with Gasteiger partial charge in [0.15, 0.2) is 6.10 Å². The van der Waals surface area contributed by atoms with E-state index in [4.69, 9.17) is 0 Å². The minimum absolute atomic E-state index is 0.159. The molecular weight excluding hydrogens is 291 g/mol. The lowest BCUT2D eigenvalue weighted by molar-refractivity contribution is -0.217. The topological polar surface area (TPSA) is 9.23 Å². The van der Waals surface area contributed by atoms with Crippen molar-refractivity contribution in [3.63, 3.8) is 0 Å². The molecule has 6 heteroatoms. The van der Waals surface area contributed by atoms with Gasteiger partial charge in [-0.1, -0.05) is 30.3 Å². The second-order valence-corrected chi connectivity index (χ2v) is 4.38. The summed E-state index contributed by atoms with van der Waals surface area (Å²) in [6.45, 7) is 0. The molecule has 0 amide bonds. The first-order valence-electron chi connectivity index (χ1n) is 5.98. The van der Waals surface area contributed by atoms with Gasteiger partial charge in [-0.2, -0.15) is 13.2 Å². The van der Waals surface area contributed by atoms with Gasteiger partial charge >= 0.3 is 6.18 Å². The Morgan fingerprint density at radius 3 is 1.86 bits per heavy atom. The maximum atomic E-state index is 13.9. The third-order valence-electron chi connectivity index (χ3n) is 2.98. The number of rotatable bonds is 3. The van der Waals surface area contributed by atoms with Gasteiger partial charge in [0, 0.05) is 7.11 Å². The van der Waals surface area contributed by atoms with Crippen LogP contribution in [0.5, 0.6) is 0 Å². The number of hydrogen-bond donors (Lipinski definition) is 0. The van der Waals surface area contributed by atoms with Crippen LogP contribution in [0.2, 0.25) is 0 Å². The predicted molar refractivity (Wildman–Crippen MR) is 67.6 cm³/mol. The van der Waals surface area contributed by atoms with E-state index < -0.39 is 29.5 Å². The van der Waals surface area contributed by atoms with E-state index in [9.17, 15) is 22.0 Å². The summed E-state index contributed by atoms with van der Waals surface area (Å²) in [5.41, 5.74) is -0.473. The van der Waals surface area contributed by atoms with Gasteiger partial charge in [-0.15, -0.1) is 0 Å². The van der Waals surface area contributed by atoms with Crippen molar-refractivity contribution in [3.8, 4) is 11.1 Å². The summed E-state index contributed by atoms with van der Waals surface area (Å²) in [5.74, 6) is -2.59. The molecule has 0 spiro atoms. The third kappa shape index (κ3) is 3.21. The van der Waals surface area contributed by atoms with Crippen LogP contribution in [0.25, 0.3) is 11.1 Å². The maximum Gasteiger partial charge on any atom is 0.419 e. The zero-order valence-corrected chi connectivity index (χ0v) is 10.9. The highest BCUT2D eigenvalue weighted by Gasteiger charge is 2.44. The molecule has 0 bridgehead atoms. The van der Waals surface area contributed by atoms with Crippen molar-refractivity contribution < 1.29 is 26.7 Å². The van der Waals surface area contributed by atoms with E-state index in [-0.39, 0.29) is 5.56 Å². The van der Waals surface area contributed by atoms with E-state index in [1.807, 2.05) is 0 Å². The molecule has 2 rings (SSSR count). The van der Waals surface area contributed by atoms with Gasteiger partial charge in [0.25, 0.3) is 0 Å². The van der Waals surface area contributed by atoms with Gasteiger partial charge < -0.3 is 4.74 Å². The Labute approximate surface area is 118 Å². The molecular formula is C15H11F5O. The molecule has 2 aromatic carbocycles. The fraction of sp³-hybridized carbons (Fsp3) is 0.200. The molecule has 0 aliphatic rings. The number of hydrogen-bond acceptors (Lipinski definition) is 1. The van der Waals surface area contributed by atoms with Crippen molar-refractivity contribution in [2.45, 2.75) is 12.3 Å². The smallest absolute Gasteiger partial charge is 0.367 e.